The predicted molar refractivity (Wildman–Crippen MR) is 79.4 cm³/mol. The highest BCUT2D eigenvalue weighted by Crippen LogP contribution is 2.26. The van der Waals surface area contributed by atoms with Gasteiger partial charge in [-0.05, 0) is 50.9 Å². The van der Waals surface area contributed by atoms with Crippen molar-refractivity contribution in [3.63, 3.8) is 0 Å². The number of aryl methyl sites for hydroxylation is 2. The molecule has 2 atom stereocenters. The number of rotatable bonds is 2. The largest absolute Gasteiger partial charge is 0.367 e. The van der Waals surface area contributed by atoms with Gasteiger partial charge in [-0.2, -0.15) is 5.26 Å². The van der Waals surface area contributed by atoms with Crippen molar-refractivity contribution in [3.8, 4) is 6.07 Å². The first-order valence-electron chi connectivity index (χ1n) is 7.06. The summed E-state index contributed by atoms with van der Waals surface area (Å²) in [5, 5.41) is 12.4. The van der Waals surface area contributed by atoms with Crippen LogP contribution in [0.15, 0.2) is 18.2 Å². The van der Waals surface area contributed by atoms with Crippen LogP contribution in [0.4, 0.5) is 5.69 Å². The molecular formula is C16H23N3. The number of hydrogen-bond donors (Lipinski definition) is 1. The summed E-state index contributed by atoms with van der Waals surface area (Å²) in [6, 6.07) is 9.69. The van der Waals surface area contributed by atoms with Gasteiger partial charge in [0.15, 0.2) is 0 Å². The van der Waals surface area contributed by atoms with Crippen molar-refractivity contribution < 1.29 is 0 Å². The molecular weight excluding hydrogens is 234 g/mol. The first-order valence-corrected chi connectivity index (χ1v) is 7.06. The molecule has 0 spiro atoms. The lowest BCUT2D eigenvalue weighted by Gasteiger charge is -2.32. The molecule has 3 heteroatoms. The summed E-state index contributed by atoms with van der Waals surface area (Å²) >= 11 is 0. The number of hydrogen-bond acceptors (Lipinski definition) is 3. The fourth-order valence-corrected chi connectivity index (χ4v) is 2.75. The van der Waals surface area contributed by atoms with Crippen LogP contribution in [-0.2, 0) is 0 Å². The van der Waals surface area contributed by atoms with Gasteiger partial charge in [0.2, 0.25) is 0 Å². The second-order valence-electron chi connectivity index (χ2n) is 5.59. The molecule has 0 amide bonds. The average Bonchev–Trinajstić information content (AvgIpc) is 2.55. The van der Waals surface area contributed by atoms with Crippen molar-refractivity contribution in [3.05, 3.63) is 29.3 Å². The molecule has 0 saturated carbocycles. The smallest absolute Gasteiger partial charge is 0.0638 e. The molecule has 0 bridgehead atoms. The molecule has 1 saturated heterocycles. The normalized spacial score (nSPS) is 23.8. The van der Waals surface area contributed by atoms with E-state index in [1.807, 2.05) is 0 Å². The molecule has 0 aliphatic carbocycles. The van der Waals surface area contributed by atoms with Crippen LogP contribution >= 0.6 is 0 Å². The Balaban J connectivity index is 2.28. The van der Waals surface area contributed by atoms with Crippen LogP contribution in [0.25, 0.3) is 0 Å². The second-order valence-corrected chi connectivity index (χ2v) is 5.59. The molecule has 1 aromatic rings. The third-order valence-electron chi connectivity index (χ3n) is 3.96. The van der Waals surface area contributed by atoms with Crippen molar-refractivity contribution in [2.45, 2.75) is 45.7 Å². The summed E-state index contributed by atoms with van der Waals surface area (Å²) in [6.45, 7) is 8.49. The Labute approximate surface area is 116 Å². The van der Waals surface area contributed by atoms with E-state index in [1.165, 1.54) is 16.8 Å². The average molecular weight is 257 g/mol. The standard InChI is InChI=1S/C16H23N3/c1-12-4-5-13(2)16(10-12)19-11-15(6-8-17)18-9-7-14(19)3/h4-5,10,14-15,18H,6-7,9,11H2,1-3H3. The van der Waals surface area contributed by atoms with Crippen LogP contribution < -0.4 is 10.2 Å². The molecule has 19 heavy (non-hydrogen) atoms. The van der Waals surface area contributed by atoms with E-state index in [0.29, 0.717) is 12.5 Å². The monoisotopic (exact) mass is 257 g/mol. The topological polar surface area (TPSA) is 39.1 Å². The molecule has 1 heterocycles. The molecule has 1 N–H and O–H groups in total. The van der Waals surface area contributed by atoms with Crippen molar-refractivity contribution in [1.29, 1.82) is 5.26 Å². The molecule has 1 aliphatic rings. The minimum atomic E-state index is 0.273. The van der Waals surface area contributed by atoms with E-state index in [9.17, 15) is 0 Å². The minimum Gasteiger partial charge on any atom is -0.367 e. The third kappa shape index (κ3) is 3.27. The summed E-state index contributed by atoms with van der Waals surface area (Å²) in [7, 11) is 0. The number of nitrogens with one attached hydrogen (secondary N) is 1. The summed E-state index contributed by atoms with van der Waals surface area (Å²) < 4.78 is 0. The molecule has 0 aromatic heterocycles. The molecule has 2 unspecified atom stereocenters. The van der Waals surface area contributed by atoms with E-state index in [2.05, 4.69) is 55.3 Å². The van der Waals surface area contributed by atoms with E-state index in [-0.39, 0.29) is 6.04 Å². The van der Waals surface area contributed by atoms with Crippen LogP contribution in [0.3, 0.4) is 0 Å². The molecule has 1 fully saturated rings. The summed E-state index contributed by atoms with van der Waals surface area (Å²) in [6.07, 6.45) is 1.70. The highest BCUT2D eigenvalue weighted by atomic mass is 15.2. The minimum absolute atomic E-state index is 0.273. The van der Waals surface area contributed by atoms with E-state index in [1.54, 1.807) is 0 Å². The summed E-state index contributed by atoms with van der Waals surface area (Å²) in [5.74, 6) is 0. The van der Waals surface area contributed by atoms with Crippen LogP contribution in [0.5, 0.6) is 0 Å². The SMILES string of the molecule is Cc1ccc(C)c(N2CC(CC#N)NCCC2C)c1. The number of benzene rings is 1. The van der Waals surface area contributed by atoms with Gasteiger partial charge in [0, 0.05) is 24.3 Å². The Morgan fingerprint density at radius 3 is 2.95 bits per heavy atom. The highest BCUT2D eigenvalue weighted by molar-refractivity contribution is 5.56. The lowest BCUT2D eigenvalue weighted by molar-refractivity contribution is 0.552. The van der Waals surface area contributed by atoms with Gasteiger partial charge in [0.05, 0.1) is 12.5 Å². The zero-order valence-electron chi connectivity index (χ0n) is 12.1. The predicted octanol–water partition coefficient (Wildman–Crippen LogP) is 2.77. The van der Waals surface area contributed by atoms with Gasteiger partial charge in [-0.15, -0.1) is 0 Å². The Morgan fingerprint density at radius 2 is 2.21 bits per heavy atom. The zero-order valence-corrected chi connectivity index (χ0v) is 12.1. The first kappa shape index (κ1) is 13.9. The van der Waals surface area contributed by atoms with Gasteiger partial charge in [-0.1, -0.05) is 12.1 Å². The van der Waals surface area contributed by atoms with Crippen LogP contribution in [-0.4, -0.2) is 25.2 Å². The lowest BCUT2D eigenvalue weighted by Crippen LogP contribution is -2.40. The van der Waals surface area contributed by atoms with Gasteiger partial charge in [-0.3, -0.25) is 0 Å². The Kier molecular flexibility index (Phi) is 4.44. The first-order chi connectivity index (χ1) is 9.11. The highest BCUT2D eigenvalue weighted by Gasteiger charge is 2.23. The molecule has 102 valence electrons. The van der Waals surface area contributed by atoms with E-state index >= 15 is 0 Å². The maximum atomic E-state index is 8.92. The Bertz CT molecular complexity index is 475. The van der Waals surface area contributed by atoms with Gasteiger partial charge >= 0.3 is 0 Å². The van der Waals surface area contributed by atoms with Gasteiger partial charge < -0.3 is 10.2 Å². The molecule has 2 rings (SSSR count). The van der Waals surface area contributed by atoms with Gasteiger partial charge in [-0.25, -0.2) is 0 Å². The molecule has 3 nitrogen and oxygen atoms in total. The maximum Gasteiger partial charge on any atom is 0.0638 e. The van der Waals surface area contributed by atoms with E-state index < -0.39 is 0 Å². The number of nitrogens with zero attached hydrogens (tertiary/aromatic N) is 2. The van der Waals surface area contributed by atoms with Crippen LogP contribution in [0, 0.1) is 25.2 Å². The summed E-state index contributed by atoms with van der Waals surface area (Å²) in [4.78, 5) is 2.46. The Hall–Kier alpha value is -1.53. The fourth-order valence-electron chi connectivity index (χ4n) is 2.75. The summed E-state index contributed by atoms with van der Waals surface area (Å²) in [5.41, 5.74) is 3.93. The van der Waals surface area contributed by atoms with Crippen molar-refractivity contribution in [2.24, 2.45) is 0 Å². The fraction of sp³-hybridized carbons (Fsp3) is 0.562. The third-order valence-corrected chi connectivity index (χ3v) is 3.96. The quantitative estimate of drug-likeness (QED) is 0.885. The number of nitriles is 1. The lowest BCUT2D eigenvalue weighted by atomic mass is 10.1. The zero-order chi connectivity index (χ0) is 13.8. The van der Waals surface area contributed by atoms with Crippen LogP contribution in [0.2, 0.25) is 0 Å². The van der Waals surface area contributed by atoms with E-state index in [4.69, 9.17) is 5.26 Å². The Morgan fingerprint density at radius 1 is 1.42 bits per heavy atom. The van der Waals surface area contributed by atoms with Gasteiger partial charge in [0.25, 0.3) is 0 Å². The molecule has 0 radical (unpaired) electrons. The van der Waals surface area contributed by atoms with Gasteiger partial charge in [0.1, 0.15) is 0 Å². The van der Waals surface area contributed by atoms with E-state index in [0.717, 1.165) is 19.5 Å². The maximum absolute atomic E-state index is 8.92. The number of anilines is 1. The van der Waals surface area contributed by atoms with Crippen LogP contribution in [0.1, 0.15) is 30.9 Å². The van der Waals surface area contributed by atoms with Crippen molar-refractivity contribution >= 4 is 5.69 Å². The van der Waals surface area contributed by atoms with Crippen molar-refractivity contribution in [1.82, 2.24) is 5.32 Å². The molecule has 1 aromatic carbocycles. The van der Waals surface area contributed by atoms with Crippen molar-refractivity contribution in [2.75, 3.05) is 18.0 Å². The molecule has 1 aliphatic heterocycles. The second kappa shape index (κ2) is 6.08.